The highest BCUT2D eigenvalue weighted by Crippen LogP contribution is 2.43. The van der Waals surface area contributed by atoms with Gasteiger partial charge >= 0.3 is 0 Å². The number of benzene rings is 1. The van der Waals surface area contributed by atoms with E-state index in [4.69, 9.17) is 13.6 Å². The van der Waals surface area contributed by atoms with Crippen LogP contribution in [0.25, 0.3) is 0 Å². The Morgan fingerprint density at radius 3 is 1.68 bits per heavy atom. The normalized spacial score (nSPS) is 15.9. The van der Waals surface area contributed by atoms with Gasteiger partial charge < -0.3 is 13.6 Å². The Bertz CT molecular complexity index is 819. The van der Waals surface area contributed by atoms with E-state index in [1.54, 1.807) is 21.6 Å². The Morgan fingerprint density at radius 1 is 0.710 bits per heavy atom. The maximum atomic E-state index is 6.50. The highest BCUT2D eigenvalue weighted by Gasteiger charge is 2.39. The van der Waals surface area contributed by atoms with E-state index in [0.717, 1.165) is 11.5 Å². The fraction of sp³-hybridized carbons (Fsp3) is 0.583. The van der Waals surface area contributed by atoms with Crippen LogP contribution in [0.4, 0.5) is 0 Å². The molecule has 174 valence electrons. The van der Waals surface area contributed by atoms with Crippen LogP contribution in [0.15, 0.2) is 46.2 Å². The summed E-state index contributed by atoms with van der Waals surface area (Å²) in [6, 6.07) is 8.03. The molecule has 0 aromatic heterocycles. The van der Waals surface area contributed by atoms with E-state index >= 15 is 0 Å². The lowest BCUT2D eigenvalue weighted by Gasteiger charge is -2.36. The monoisotopic (exact) mass is 496 g/mol. The smallest absolute Gasteiger partial charge is 0.250 e. The number of hydrogen-bond acceptors (Lipinski definition) is 5. The van der Waals surface area contributed by atoms with Gasteiger partial charge in [0.2, 0.25) is 0 Å². The molecule has 2 rings (SSSR count). The van der Waals surface area contributed by atoms with Crippen LogP contribution in [-0.4, -0.2) is 29.8 Å². The van der Waals surface area contributed by atoms with E-state index in [-0.39, 0.29) is 10.1 Å². The number of rotatable bonds is 8. The van der Waals surface area contributed by atoms with Crippen molar-refractivity contribution in [3.05, 3.63) is 46.2 Å². The number of allylic oxidation sites excluding steroid dienone is 2. The quantitative estimate of drug-likeness (QED) is 0.265. The Morgan fingerprint density at radius 2 is 1.19 bits per heavy atom. The van der Waals surface area contributed by atoms with Gasteiger partial charge in [0.05, 0.1) is 6.61 Å². The van der Waals surface area contributed by atoms with Gasteiger partial charge in [0.1, 0.15) is 12.4 Å². The second kappa shape index (κ2) is 10.1. The molecular weight excluding hydrogens is 457 g/mol. The molecule has 0 spiro atoms. The number of hydrogen-bond donors (Lipinski definition) is 0. The molecule has 0 bridgehead atoms. The van der Waals surface area contributed by atoms with Gasteiger partial charge in [-0.05, 0) is 60.5 Å². The molecular formula is C24H40O3S2Si2. The first-order valence-electron chi connectivity index (χ1n) is 10.9. The summed E-state index contributed by atoms with van der Waals surface area (Å²) in [5.41, 5.74) is 0. The molecule has 1 aromatic carbocycles. The molecule has 31 heavy (non-hydrogen) atoms. The van der Waals surface area contributed by atoms with Crippen LogP contribution < -0.4 is 9.16 Å². The lowest BCUT2D eigenvalue weighted by Crippen LogP contribution is -2.43. The molecule has 3 nitrogen and oxygen atoms in total. The van der Waals surface area contributed by atoms with Crippen LogP contribution in [-0.2, 0) is 4.43 Å². The first kappa shape index (κ1) is 26.6. The van der Waals surface area contributed by atoms with E-state index in [0.29, 0.717) is 13.2 Å². The van der Waals surface area contributed by atoms with Crippen LogP contribution in [0.5, 0.6) is 11.5 Å². The molecule has 0 atom stereocenters. The van der Waals surface area contributed by atoms with Crippen molar-refractivity contribution < 1.29 is 13.6 Å². The first-order chi connectivity index (χ1) is 14.1. The lowest BCUT2D eigenvalue weighted by atomic mass is 10.2. The van der Waals surface area contributed by atoms with Crippen LogP contribution in [0.3, 0.4) is 0 Å². The molecule has 0 aliphatic carbocycles. The van der Waals surface area contributed by atoms with Gasteiger partial charge in [-0.15, -0.1) is 0 Å². The van der Waals surface area contributed by atoms with E-state index < -0.39 is 16.6 Å². The Kier molecular flexibility index (Phi) is 8.70. The van der Waals surface area contributed by atoms with Gasteiger partial charge in [0.15, 0.2) is 14.1 Å². The maximum absolute atomic E-state index is 6.50. The van der Waals surface area contributed by atoms with Gasteiger partial charge in [-0.3, -0.25) is 0 Å². The summed E-state index contributed by atoms with van der Waals surface area (Å²) < 4.78 is 19.0. The zero-order valence-electron chi connectivity index (χ0n) is 20.9. The van der Waals surface area contributed by atoms with E-state index in [2.05, 4.69) is 79.9 Å². The maximum Gasteiger partial charge on any atom is 0.250 e. The minimum absolute atomic E-state index is 0.145. The minimum Gasteiger partial charge on any atom is -0.541 e. The van der Waals surface area contributed by atoms with Gasteiger partial charge in [-0.25, -0.2) is 0 Å². The van der Waals surface area contributed by atoms with E-state index in [1.165, 1.54) is 9.81 Å². The second-order valence-electron chi connectivity index (χ2n) is 11.1. The Hall–Kier alpha value is -0.606. The average Bonchev–Trinajstić information content (AvgIpc) is 2.64. The summed E-state index contributed by atoms with van der Waals surface area (Å²) in [5.74, 6) is 1.66. The molecule has 1 heterocycles. The largest absolute Gasteiger partial charge is 0.541 e. The number of para-hydroxylation sites is 2. The Balaban J connectivity index is 1.98. The third-order valence-corrected chi connectivity index (χ3v) is 17.9. The fourth-order valence-corrected chi connectivity index (χ4v) is 6.21. The molecule has 0 amide bonds. The summed E-state index contributed by atoms with van der Waals surface area (Å²) >= 11 is 0. The predicted molar refractivity (Wildman–Crippen MR) is 144 cm³/mol. The van der Waals surface area contributed by atoms with Crippen LogP contribution >= 0.6 is 21.6 Å². The molecule has 0 saturated carbocycles. The highest BCUT2D eigenvalue weighted by atomic mass is 33.1. The molecule has 0 saturated heterocycles. The predicted octanol–water partition coefficient (Wildman–Crippen LogP) is 8.63. The average molecular weight is 497 g/mol. The molecule has 0 radical (unpaired) electrons. The van der Waals surface area contributed by atoms with Crippen molar-refractivity contribution in [3.63, 3.8) is 0 Å². The van der Waals surface area contributed by atoms with Gasteiger partial charge in [0.25, 0.3) is 8.32 Å². The molecule has 7 heteroatoms. The zero-order chi connectivity index (χ0) is 23.5. The zero-order valence-corrected chi connectivity index (χ0v) is 24.6. The second-order valence-corrected chi connectivity index (χ2v) is 23.0. The SMILES string of the molecule is CC(C)(C)[Si](C)(C)OCC1=CC=C(COc2ccccc2O[Si](C)(C)C(C)(C)C)SS1. The molecule has 0 unspecified atom stereocenters. The lowest BCUT2D eigenvalue weighted by molar-refractivity contribution is 0.325. The van der Waals surface area contributed by atoms with E-state index in [1.807, 2.05) is 24.3 Å². The molecule has 1 aliphatic rings. The highest BCUT2D eigenvalue weighted by molar-refractivity contribution is 8.79. The van der Waals surface area contributed by atoms with Crippen LogP contribution in [0.1, 0.15) is 41.5 Å². The van der Waals surface area contributed by atoms with Crippen molar-refractivity contribution in [2.45, 2.75) is 77.8 Å². The van der Waals surface area contributed by atoms with E-state index in [9.17, 15) is 0 Å². The van der Waals surface area contributed by atoms with Crippen molar-refractivity contribution in [1.82, 2.24) is 0 Å². The van der Waals surface area contributed by atoms with Gasteiger partial charge in [-0.2, -0.15) is 0 Å². The van der Waals surface area contributed by atoms with Crippen molar-refractivity contribution in [3.8, 4) is 11.5 Å². The van der Waals surface area contributed by atoms with Gasteiger partial charge in [-0.1, -0.05) is 75.3 Å². The minimum atomic E-state index is -1.92. The summed E-state index contributed by atoms with van der Waals surface area (Å²) in [7, 11) is -0.104. The van der Waals surface area contributed by atoms with Crippen molar-refractivity contribution >= 4 is 38.2 Å². The first-order valence-corrected chi connectivity index (χ1v) is 18.9. The molecule has 1 aromatic rings. The summed E-state index contributed by atoms with van der Waals surface area (Å²) in [5, 5.41) is 0.376. The van der Waals surface area contributed by atoms with Gasteiger partial charge in [0, 0.05) is 9.81 Å². The summed E-state index contributed by atoms with van der Waals surface area (Å²) in [6.07, 6.45) is 4.33. The number of ether oxygens (including phenoxy) is 1. The summed E-state index contributed by atoms with van der Waals surface area (Å²) in [6.45, 7) is 23.9. The Labute approximate surface area is 200 Å². The third-order valence-electron chi connectivity index (χ3n) is 6.48. The fourth-order valence-electron chi connectivity index (χ4n) is 2.19. The van der Waals surface area contributed by atoms with Crippen molar-refractivity contribution in [2.75, 3.05) is 13.2 Å². The van der Waals surface area contributed by atoms with Crippen LogP contribution in [0, 0.1) is 0 Å². The van der Waals surface area contributed by atoms with Crippen molar-refractivity contribution in [1.29, 1.82) is 0 Å². The third kappa shape index (κ3) is 7.46. The topological polar surface area (TPSA) is 27.7 Å². The van der Waals surface area contributed by atoms with Crippen molar-refractivity contribution in [2.24, 2.45) is 0 Å². The standard InChI is InChI=1S/C24H40O3S2Si2/c1-23(2,3)30(7,8)26-18-20-16-15-19(28-29-20)17-25-21-13-11-12-14-22(21)27-31(9,10)24(4,5)6/h11-16H,17-18H2,1-10H3. The molecule has 1 aliphatic heterocycles. The molecule has 0 fully saturated rings. The van der Waals surface area contributed by atoms with Crippen LogP contribution in [0.2, 0.25) is 36.3 Å². The molecule has 0 N–H and O–H groups in total. The summed E-state index contributed by atoms with van der Waals surface area (Å²) in [4.78, 5) is 2.46.